The van der Waals surface area contributed by atoms with Crippen molar-refractivity contribution >= 4 is 11.7 Å². The molecule has 2 N–H and O–H groups in total. The van der Waals surface area contributed by atoms with Crippen LogP contribution in [0, 0.1) is 0 Å². The largest absolute Gasteiger partial charge is 0.497 e. The van der Waals surface area contributed by atoms with Crippen molar-refractivity contribution in [2.24, 2.45) is 0 Å². The maximum Gasteiger partial charge on any atom is 0.411 e. The first-order valence-electron chi connectivity index (χ1n) is 6.24. The summed E-state index contributed by atoms with van der Waals surface area (Å²) in [7, 11) is 1.54. The van der Waals surface area contributed by atoms with Crippen molar-refractivity contribution in [3.8, 4) is 5.75 Å². The molecule has 0 spiro atoms. The maximum atomic E-state index is 11.8. The van der Waals surface area contributed by atoms with Gasteiger partial charge >= 0.3 is 12.2 Å². The zero-order chi connectivity index (χ0) is 15.7. The van der Waals surface area contributed by atoms with Crippen molar-refractivity contribution in [1.82, 2.24) is 5.32 Å². The second kappa shape index (κ2) is 8.35. The average molecular weight is 306 g/mol. The Hall–Kier alpha value is -1.96. The minimum atomic E-state index is -4.32. The fourth-order valence-corrected chi connectivity index (χ4v) is 1.41. The van der Waals surface area contributed by atoms with Gasteiger partial charge in [-0.1, -0.05) is 0 Å². The number of benzene rings is 1. The lowest BCUT2D eigenvalue weighted by Gasteiger charge is -2.09. The topological polar surface area (TPSA) is 59.6 Å². The number of ether oxygens (including phenoxy) is 2. The van der Waals surface area contributed by atoms with Crippen molar-refractivity contribution in [3.63, 3.8) is 0 Å². The highest BCUT2D eigenvalue weighted by Crippen LogP contribution is 2.15. The highest BCUT2D eigenvalue weighted by molar-refractivity contribution is 5.89. The Morgan fingerprint density at radius 2 is 1.90 bits per heavy atom. The molecule has 0 unspecified atom stereocenters. The predicted molar refractivity (Wildman–Crippen MR) is 71.5 cm³/mol. The van der Waals surface area contributed by atoms with Crippen LogP contribution in [-0.4, -0.2) is 39.1 Å². The highest BCUT2D eigenvalue weighted by Gasteiger charge is 2.27. The monoisotopic (exact) mass is 306 g/mol. The van der Waals surface area contributed by atoms with Crippen molar-refractivity contribution in [1.29, 1.82) is 0 Å². The van der Waals surface area contributed by atoms with Gasteiger partial charge in [0.25, 0.3) is 0 Å². The number of rotatable bonds is 7. The third-order valence-corrected chi connectivity index (χ3v) is 2.36. The lowest BCUT2D eigenvalue weighted by atomic mass is 10.3. The molecule has 0 bridgehead atoms. The number of methoxy groups -OCH3 is 1. The summed E-state index contributed by atoms with van der Waals surface area (Å²) in [6.07, 6.45) is -4.02. The van der Waals surface area contributed by atoms with Crippen molar-refractivity contribution in [2.75, 3.05) is 32.2 Å². The second-order valence-electron chi connectivity index (χ2n) is 4.13. The Labute approximate surface area is 120 Å². The quantitative estimate of drug-likeness (QED) is 0.762. The van der Waals surface area contributed by atoms with Crippen molar-refractivity contribution in [3.05, 3.63) is 24.3 Å². The van der Waals surface area contributed by atoms with E-state index >= 15 is 0 Å². The van der Waals surface area contributed by atoms with E-state index in [2.05, 4.69) is 15.4 Å². The fraction of sp³-hybridized carbons (Fsp3) is 0.462. The van der Waals surface area contributed by atoms with Crippen molar-refractivity contribution in [2.45, 2.75) is 12.6 Å². The Kier molecular flexibility index (Phi) is 6.80. The molecule has 0 fully saturated rings. The number of alkyl halides is 3. The zero-order valence-electron chi connectivity index (χ0n) is 11.5. The van der Waals surface area contributed by atoms with E-state index in [0.717, 1.165) is 0 Å². The van der Waals surface area contributed by atoms with E-state index in [1.54, 1.807) is 24.3 Å². The molecule has 0 aliphatic carbocycles. The number of halogens is 3. The molecule has 0 saturated carbocycles. The van der Waals surface area contributed by atoms with Crippen LogP contribution >= 0.6 is 0 Å². The third kappa shape index (κ3) is 8.03. The SMILES string of the molecule is COc1ccc(NC(=O)NCCCOCC(F)(F)F)cc1. The maximum absolute atomic E-state index is 11.8. The van der Waals surface area contributed by atoms with E-state index in [0.29, 0.717) is 17.9 Å². The molecule has 0 atom stereocenters. The van der Waals surface area contributed by atoms with Gasteiger partial charge in [-0.2, -0.15) is 13.2 Å². The highest BCUT2D eigenvalue weighted by atomic mass is 19.4. The summed E-state index contributed by atoms with van der Waals surface area (Å²) in [6, 6.07) is 6.30. The van der Waals surface area contributed by atoms with E-state index in [-0.39, 0.29) is 13.2 Å². The summed E-state index contributed by atoms with van der Waals surface area (Å²) in [4.78, 5) is 11.5. The molecule has 0 aliphatic rings. The number of amides is 2. The molecule has 118 valence electrons. The number of anilines is 1. The Morgan fingerprint density at radius 1 is 1.24 bits per heavy atom. The van der Waals surface area contributed by atoms with Crippen LogP contribution in [-0.2, 0) is 4.74 Å². The van der Waals surface area contributed by atoms with Gasteiger partial charge in [-0.05, 0) is 30.7 Å². The molecule has 0 saturated heterocycles. The molecule has 0 radical (unpaired) electrons. The van der Waals surface area contributed by atoms with Crippen LogP contribution in [0.5, 0.6) is 5.75 Å². The minimum absolute atomic E-state index is 0.0671. The fourth-order valence-electron chi connectivity index (χ4n) is 1.41. The molecular formula is C13H17F3N2O3. The molecule has 0 aromatic heterocycles. The first-order valence-corrected chi connectivity index (χ1v) is 6.24. The molecule has 0 aliphatic heterocycles. The van der Waals surface area contributed by atoms with E-state index in [4.69, 9.17) is 4.74 Å². The van der Waals surface area contributed by atoms with Gasteiger partial charge in [-0.15, -0.1) is 0 Å². The Morgan fingerprint density at radius 3 is 2.48 bits per heavy atom. The Balaban J connectivity index is 2.13. The molecule has 21 heavy (non-hydrogen) atoms. The normalized spacial score (nSPS) is 11.0. The molecule has 1 aromatic carbocycles. The first-order chi connectivity index (χ1) is 9.90. The van der Waals surface area contributed by atoms with Gasteiger partial charge in [0.2, 0.25) is 0 Å². The Bertz CT molecular complexity index is 435. The van der Waals surface area contributed by atoms with Crippen LogP contribution in [0.2, 0.25) is 0 Å². The molecule has 5 nitrogen and oxygen atoms in total. The van der Waals surface area contributed by atoms with Crippen LogP contribution in [0.4, 0.5) is 23.7 Å². The summed E-state index contributed by atoms with van der Waals surface area (Å²) in [5.41, 5.74) is 0.585. The number of hydrogen-bond acceptors (Lipinski definition) is 3. The van der Waals surface area contributed by atoms with Crippen LogP contribution in [0.25, 0.3) is 0 Å². The van der Waals surface area contributed by atoms with Crippen LogP contribution in [0.3, 0.4) is 0 Å². The predicted octanol–water partition coefficient (Wildman–Crippen LogP) is 2.79. The number of nitrogens with one attached hydrogen (secondary N) is 2. The number of carbonyl (C=O) groups is 1. The summed E-state index contributed by atoms with van der Waals surface area (Å²) in [6.45, 7) is -1.12. The molecule has 1 aromatic rings. The van der Waals surface area contributed by atoms with E-state index in [9.17, 15) is 18.0 Å². The number of hydrogen-bond donors (Lipinski definition) is 2. The zero-order valence-corrected chi connectivity index (χ0v) is 11.5. The van der Waals surface area contributed by atoms with Gasteiger partial charge in [0, 0.05) is 18.8 Å². The summed E-state index contributed by atoms with van der Waals surface area (Å²) in [5.74, 6) is 0.669. The smallest absolute Gasteiger partial charge is 0.411 e. The first kappa shape index (κ1) is 17.1. The van der Waals surface area contributed by atoms with E-state index in [1.807, 2.05) is 0 Å². The molecule has 8 heteroatoms. The van der Waals surface area contributed by atoms with Crippen LogP contribution in [0.15, 0.2) is 24.3 Å². The van der Waals surface area contributed by atoms with Crippen molar-refractivity contribution < 1.29 is 27.4 Å². The van der Waals surface area contributed by atoms with Gasteiger partial charge in [-0.25, -0.2) is 4.79 Å². The third-order valence-electron chi connectivity index (χ3n) is 2.36. The van der Waals surface area contributed by atoms with Gasteiger partial charge in [0.05, 0.1) is 7.11 Å². The lowest BCUT2D eigenvalue weighted by Crippen LogP contribution is -2.30. The molecule has 0 heterocycles. The minimum Gasteiger partial charge on any atom is -0.497 e. The van der Waals surface area contributed by atoms with E-state index in [1.165, 1.54) is 7.11 Å². The van der Waals surface area contributed by atoms with Crippen LogP contribution in [0.1, 0.15) is 6.42 Å². The van der Waals surface area contributed by atoms with Gasteiger partial charge < -0.3 is 20.1 Å². The molecule has 2 amide bonds. The molecular weight excluding hydrogens is 289 g/mol. The summed E-state index contributed by atoms with van der Waals surface area (Å²) in [5, 5.41) is 5.10. The number of carbonyl (C=O) groups excluding carboxylic acids is 1. The average Bonchev–Trinajstić information content (AvgIpc) is 2.42. The summed E-state index contributed by atoms with van der Waals surface area (Å²) < 4.78 is 44.7. The van der Waals surface area contributed by atoms with E-state index < -0.39 is 18.8 Å². The van der Waals surface area contributed by atoms with Gasteiger partial charge in [0.15, 0.2) is 0 Å². The molecule has 1 rings (SSSR count). The number of urea groups is 1. The van der Waals surface area contributed by atoms with Gasteiger partial charge in [-0.3, -0.25) is 0 Å². The van der Waals surface area contributed by atoms with Crippen LogP contribution < -0.4 is 15.4 Å². The standard InChI is InChI=1S/C13H17F3N2O3/c1-20-11-5-3-10(4-6-11)18-12(19)17-7-2-8-21-9-13(14,15)16/h3-6H,2,7-9H2,1H3,(H2,17,18,19). The second-order valence-corrected chi connectivity index (χ2v) is 4.13. The summed E-state index contributed by atoms with van der Waals surface area (Å²) >= 11 is 0. The lowest BCUT2D eigenvalue weighted by molar-refractivity contribution is -0.173. The van der Waals surface area contributed by atoms with Gasteiger partial charge in [0.1, 0.15) is 12.4 Å².